The molecule has 0 unspecified atom stereocenters. The highest BCUT2D eigenvalue weighted by Gasteiger charge is 2.21. The normalized spacial score (nSPS) is 15.9. The summed E-state index contributed by atoms with van der Waals surface area (Å²) in [6.45, 7) is 2.29. The number of hydrogen-bond acceptors (Lipinski definition) is 2. The minimum Gasteiger partial charge on any atom is -0.324 e. The van der Waals surface area contributed by atoms with E-state index in [1.165, 1.54) is 5.56 Å². The van der Waals surface area contributed by atoms with Gasteiger partial charge in [0, 0.05) is 5.02 Å². The molecular formula is C20H22Cl2N2O. The molecule has 132 valence electrons. The number of carbonyl (C=O) groups is 1. The lowest BCUT2D eigenvalue weighted by atomic mass is 9.90. The molecule has 2 aromatic rings. The van der Waals surface area contributed by atoms with Crippen LogP contribution in [0.1, 0.15) is 18.4 Å². The second-order valence-corrected chi connectivity index (χ2v) is 7.43. The fraction of sp³-hybridized carbons (Fsp3) is 0.350. The van der Waals surface area contributed by atoms with Gasteiger partial charge in [-0.3, -0.25) is 9.69 Å². The summed E-state index contributed by atoms with van der Waals surface area (Å²) >= 11 is 12.0. The van der Waals surface area contributed by atoms with Crippen molar-refractivity contribution in [3.05, 3.63) is 64.1 Å². The highest BCUT2D eigenvalue weighted by Crippen LogP contribution is 2.26. The number of rotatable bonds is 5. The third kappa shape index (κ3) is 5.46. The van der Waals surface area contributed by atoms with E-state index < -0.39 is 0 Å². The summed E-state index contributed by atoms with van der Waals surface area (Å²) in [4.78, 5) is 14.5. The number of nitrogens with zero attached hydrogens (tertiary/aromatic N) is 1. The van der Waals surface area contributed by atoms with Gasteiger partial charge in [0.05, 0.1) is 17.3 Å². The highest BCUT2D eigenvalue weighted by molar-refractivity contribution is 6.35. The van der Waals surface area contributed by atoms with Gasteiger partial charge in [0.2, 0.25) is 5.91 Å². The van der Waals surface area contributed by atoms with E-state index in [1.54, 1.807) is 18.2 Å². The zero-order valence-corrected chi connectivity index (χ0v) is 15.6. The Labute approximate surface area is 158 Å². The zero-order chi connectivity index (χ0) is 17.6. The molecular weight excluding hydrogens is 355 g/mol. The summed E-state index contributed by atoms with van der Waals surface area (Å²) in [5.41, 5.74) is 1.97. The Morgan fingerprint density at radius 3 is 2.52 bits per heavy atom. The standard InChI is InChI=1S/C20H22Cl2N2O/c21-17-6-7-18(22)19(13-17)23-20(25)14-24-10-8-16(9-11-24)12-15-4-2-1-3-5-15/h1-7,13,16H,8-12,14H2,(H,23,25). The van der Waals surface area contributed by atoms with Crippen molar-refractivity contribution in [1.29, 1.82) is 0 Å². The summed E-state index contributed by atoms with van der Waals surface area (Å²) in [6, 6.07) is 15.7. The molecule has 1 saturated heterocycles. The predicted molar refractivity (Wildman–Crippen MR) is 104 cm³/mol. The number of hydrogen-bond donors (Lipinski definition) is 1. The van der Waals surface area contributed by atoms with Crippen molar-refractivity contribution in [3.8, 4) is 0 Å². The van der Waals surface area contributed by atoms with Crippen LogP contribution < -0.4 is 5.32 Å². The van der Waals surface area contributed by atoms with Crippen LogP contribution in [0, 0.1) is 5.92 Å². The molecule has 0 spiro atoms. The van der Waals surface area contributed by atoms with Crippen LogP contribution in [-0.2, 0) is 11.2 Å². The minimum atomic E-state index is -0.0503. The third-order valence-electron chi connectivity index (χ3n) is 4.64. The van der Waals surface area contributed by atoms with E-state index >= 15 is 0 Å². The fourth-order valence-electron chi connectivity index (χ4n) is 3.28. The molecule has 0 aromatic heterocycles. The van der Waals surface area contributed by atoms with Crippen molar-refractivity contribution in [2.45, 2.75) is 19.3 Å². The average molecular weight is 377 g/mol. The van der Waals surface area contributed by atoms with Crippen LogP contribution in [-0.4, -0.2) is 30.4 Å². The zero-order valence-electron chi connectivity index (χ0n) is 14.1. The van der Waals surface area contributed by atoms with Crippen molar-refractivity contribution >= 4 is 34.8 Å². The van der Waals surface area contributed by atoms with Crippen LogP contribution in [0.4, 0.5) is 5.69 Å². The van der Waals surface area contributed by atoms with Gasteiger partial charge < -0.3 is 5.32 Å². The number of halogens is 2. The highest BCUT2D eigenvalue weighted by atomic mass is 35.5. The largest absolute Gasteiger partial charge is 0.324 e. The molecule has 0 bridgehead atoms. The molecule has 1 heterocycles. The number of anilines is 1. The average Bonchev–Trinajstić information content (AvgIpc) is 2.61. The molecule has 0 aliphatic carbocycles. The second kappa shape index (κ2) is 8.70. The lowest BCUT2D eigenvalue weighted by Gasteiger charge is -2.31. The molecule has 5 heteroatoms. The number of piperidine rings is 1. The molecule has 0 radical (unpaired) electrons. The molecule has 1 N–H and O–H groups in total. The Morgan fingerprint density at radius 2 is 1.80 bits per heavy atom. The number of likely N-dealkylation sites (tertiary alicyclic amines) is 1. The van der Waals surface area contributed by atoms with Gasteiger partial charge in [-0.05, 0) is 62.0 Å². The molecule has 25 heavy (non-hydrogen) atoms. The van der Waals surface area contributed by atoms with Crippen LogP contribution >= 0.6 is 23.2 Å². The van der Waals surface area contributed by atoms with E-state index in [0.717, 1.165) is 32.4 Å². The number of carbonyl (C=O) groups excluding carboxylic acids is 1. The topological polar surface area (TPSA) is 32.3 Å². The Morgan fingerprint density at radius 1 is 1.08 bits per heavy atom. The summed E-state index contributed by atoms with van der Waals surface area (Å²) in [5, 5.41) is 3.91. The van der Waals surface area contributed by atoms with Crippen LogP contribution in [0.15, 0.2) is 48.5 Å². The molecule has 0 saturated carbocycles. The van der Waals surface area contributed by atoms with Crippen molar-refractivity contribution in [3.63, 3.8) is 0 Å². The molecule has 1 aliphatic heterocycles. The van der Waals surface area contributed by atoms with Crippen LogP contribution in [0.5, 0.6) is 0 Å². The minimum absolute atomic E-state index is 0.0503. The number of amides is 1. The van der Waals surface area contributed by atoms with Crippen molar-refractivity contribution in [2.24, 2.45) is 5.92 Å². The summed E-state index contributed by atoms with van der Waals surface area (Å²) in [5.74, 6) is 0.648. The summed E-state index contributed by atoms with van der Waals surface area (Å²) in [6.07, 6.45) is 3.37. The Kier molecular flexibility index (Phi) is 6.35. The maximum atomic E-state index is 12.3. The third-order valence-corrected chi connectivity index (χ3v) is 5.21. The lowest BCUT2D eigenvalue weighted by Crippen LogP contribution is -2.39. The van der Waals surface area contributed by atoms with E-state index in [4.69, 9.17) is 23.2 Å². The smallest absolute Gasteiger partial charge is 0.238 e. The van der Waals surface area contributed by atoms with Gasteiger partial charge in [-0.25, -0.2) is 0 Å². The van der Waals surface area contributed by atoms with Gasteiger partial charge in [-0.1, -0.05) is 53.5 Å². The maximum Gasteiger partial charge on any atom is 0.238 e. The van der Waals surface area contributed by atoms with E-state index in [0.29, 0.717) is 28.2 Å². The maximum absolute atomic E-state index is 12.3. The molecule has 1 amide bonds. The Hall–Kier alpha value is -1.55. The first-order chi connectivity index (χ1) is 12.1. The van der Waals surface area contributed by atoms with Crippen LogP contribution in [0.25, 0.3) is 0 Å². The Balaban J connectivity index is 1.45. The van der Waals surface area contributed by atoms with E-state index in [1.807, 2.05) is 0 Å². The van der Waals surface area contributed by atoms with E-state index in [2.05, 4.69) is 40.5 Å². The predicted octanol–water partition coefficient (Wildman–Crippen LogP) is 4.89. The molecule has 0 atom stereocenters. The SMILES string of the molecule is O=C(CN1CCC(Cc2ccccc2)CC1)Nc1cc(Cl)ccc1Cl. The quantitative estimate of drug-likeness (QED) is 0.805. The lowest BCUT2D eigenvalue weighted by molar-refractivity contribution is -0.117. The van der Waals surface area contributed by atoms with Gasteiger partial charge in [0.1, 0.15) is 0 Å². The molecule has 1 aliphatic rings. The van der Waals surface area contributed by atoms with Crippen LogP contribution in [0.3, 0.4) is 0 Å². The summed E-state index contributed by atoms with van der Waals surface area (Å²) in [7, 11) is 0. The van der Waals surface area contributed by atoms with Crippen molar-refractivity contribution in [2.75, 3.05) is 25.0 Å². The van der Waals surface area contributed by atoms with Gasteiger partial charge in [0.15, 0.2) is 0 Å². The Bertz CT molecular complexity index is 713. The number of nitrogens with one attached hydrogen (secondary N) is 1. The summed E-state index contributed by atoms with van der Waals surface area (Å²) < 4.78 is 0. The van der Waals surface area contributed by atoms with Crippen molar-refractivity contribution in [1.82, 2.24) is 4.90 Å². The fourth-order valence-corrected chi connectivity index (χ4v) is 3.62. The van der Waals surface area contributed by atoms with E-state index in [-0.39, 0.29) is 5.91 Å². The molecule has 3 rings (SSSR count). The first-order valence-corrected chi connectivity index (χ1v) is 9.37. The first kappa shape index (κ1) is 18.2. The first-order valence-electron chi connectivity index (χ1n) is 8.61. The van der Waals surface area contributed by atoms with Gasteiger partial charge in [0.25, 0.3) is 0 Å². The van der Waals surface area contributed by atoms with Gasteiger partial charge in [-0.15, -0.1) is 0 Å². The van der Waals surface area contributed by atoms with E-state index in [9.17, 15) is 4.79 Å². The van der Waals surface area contributed by atoms with Gasteiger partial charge in [-0.2, -0.15) is 0 Å². The molecule has 1 fully saturated rings. The van der Waals surface area contributed by atoms with Crippen LogP contribution in [0.2, 0.25) is 10.0 Å². The van der Waals surface area contributed by atoms with Crippen molar-refractivity contribution < 1.29 is 4.79 Å². The second-order valence-electron chi connectivity index (χ2n) is 6.58. The molecule has 2 aromatic carbocycles. The number of benzene rings is 2. The molecule has 3 nitrogen and oxygen atoms in total. The monoisotopic (exact) mass is 376 g/mol. The van der Waals surface area contributed by atoms with Gasteiger partial charge >= 0.3 is 0 Å².